The Balaban J connectivity index is 2.00. The van der Waals surface area contributed by atoms with Crippen LogP contribution in [0.3, 0.4) is 0 Å². The van der Waals surface area contributed by atoms with Crippen LogP contribution in [0.1, 0.15) is 28.0 Å². The zero-order chi connectivity index (χ0) is 11.7. The summed E-state index contributed by atoms with van der Waals surface area (Å²) in [7, 11) is 0. The van der Waals surface area contributed by atoms with Crippen LogP contribution < -0.4 is 0 Å². The third kappa shape index (κ3) is 1.80. The van der Waals surface area contributed by atoms with Crippen molar-refractivity contribution >= 4 is 11.9 Å². The molecule has 0 atom stereocenters. The van der Waals surface area contributed by atoms with Crippen molar-refractivity contribution in [2.24, 2.45) is 0 Å². The molecule has 0 radical (unpaired) electrons. The fourth-order valence-corrected chi connectivity index (χ4v) is 2.19. The molecule has 1 aromatic heterocycles. The number of carbonyl (C=O) groups is 1. The number of Topliss-reactive ketones (excluding diaryl/α,β-unsaturated/α-hetero) is 1. The Labute approximate surface area is 99.2 Å². The Kier molecular flexibility index (Phi) is 2.37. The van der Waals surface area contributed by atoms with Crippen molar-refractivity contribution < 1.29 is 4.79 Å². The second-order valence-corrected chi connectivity index (χ2v) is 4.16. The minimum atomic E-state index is 0.140. The average molecular weight is 224 g/mol. The van der Waals surface area contributed by atoms with Gasteiger partial charge in [0.25, 0.3) is 0 Å². The molecule has 0 saturated heterocycles. The van der Waals surface area contributed by atoms with Gasteiger partial charge in [-0.25, -0.2) is 4.98 Å². The third-order valence-corrected chi connectivity index (χ3v) is 3.07. The van der Waals surface area contributed by atoms with Gasteiger partial charge in [-0.15, -0.1) is 0 Å². The monoisotopic (exact) mass is 224 g/mol. The Morgan fingerprint density at radius 1 is 1.24 bits per heavy atom. The van der Waals surface area contributed by atoms with Gasteiger partial charge in [0.2, 0.25) is 0 Å². The van der Waals surface area contributed by atoms with Gasteiger partial charge < -0.3 is 4.98 Å². The van der Waals surface area contributed by atoms with Crippen molar-refractivity contribution in [2.45, 2.75) is 12.8 Å². The molecule has 1 aliphatic rings. The molecular formula is C14H12N2O. The highest BCUT2D eigenvalue weighted by Crippen LogP contribution is 2.25. The number of hydrogen-bond donors (Lipinski definition) is 1. The molecule has 0 unspecified atom stereocenters. The van der Waals surface area contributed by atoms with Crippen molar-refractivity contribution in [3.8, 4) is 0 Å². The van der Waals surface area contributed by atoms with E-state index in [0.29, 0.717) is 0 Å². The van der Waals surface area contributed by atoms with Crippen LogP contribution >= 0.6 is 0 Å². The summed E-state index contributed by atoms with van der Waals surface area (Å²) in [5.74, 6) is 0.140. The predicted molar refractivity (Wildman–Crippen MR) is 65.7 cm³/mol. The first-order valence-corrected chi connectivity index (χ1v) is 5.66. The van der Waals surface area contributed by atoms with Crippen LogP contribution in [-0.2, 0) is 6.42 Å². The number of nitrogens with zero attached hydrogens (tertiary/aromatic N) is 1. The van der Waals surface area contributed by atoms with Crippen LogP contribution in [0, 0.1) is 0 Å². The van der Waals surface area contributed by atoms with Gasteiger partial charge in [0.15, 0.2) is 5.78 Å². The topological polar surface area (TPSA) is 45.8 Å². The normalized spacial score (nSPS) is 17.2. The van der Waals surface area contributed by atoms with Gasteiger partial charge in [-0.1, -0.05) is 24.3 Å². The summed E-state index contributed by atoms with van der Waals surface area (Å²) < 4.78 is 0. The molecule has 17 heavy (non-hydrogen) atoms. The molecule has 3 heteroatoms. The number of hydrogen-bond acceptors (Lipinski definition) is 2. The lowest BCUT2D eigenvalue weighted by Gasteiger charge is -2.16. The van der Waals surface area contributed by atoms with E-state index in [1.54, 1.807) is 12.5 Å². The number of imidazole rings is 1. The summed E-state index contributed by atoms with van der Waals surface area (Å²) in [5, 5.41) is 0. The van der Waals surface area contributed by atoms with Crippen LogP contribution in [-0.4, -0.2) is 15.8 Å². The molecule has 1 aliphatic carbocycles. The summed E-state index contributed by atoms with van der Waals surface area (Å²) in [4.78, 5) is 19.2. The van der Waals surface area contributed by atoms with Crippen LogP contribution in [0.4, 0.5) is 0 Å². The molecule has 1 aromatic carbocycles. The minimum absolute atomic E-state index is 0.140. The Morgan fingerprint density at radius 2 is 2.12 bits per heavy atom. The SMILES string of the molecule is O=C1/C(=C\c2cnc[nH]2)CCc2ccccc21. The number of aromatic nitrogens is 2. The molecule has 1 heterocycles. The second kappa shape index (κ2) is 4.01. The molecule has 0 bridgehead atoms. The second-order valence-electron chi connectivity index (χ2n) is 4.16. The van der Waals surface area contributed by atoms with E-state index in [-0.39, 0.29) is 5.78 Å². The fourth-order valence-electron chi connectivity index (χ4n) is 2.19. The molecule has 3 rings (SSSR count). The minimum Gasteiger partial charge on any atom is -0.345 e. The largest absolute Gasteiger partial charge is 0.345 e. The summed E-state index contributed by atoms with van der Waals surface area (Å²) in [5.41, 5.74) is 3.73. The zero-order valence-electron chi connectivity index (χ0n) is 9.31. The molecule has 3 nitrogen and oxygen atoms in total. The smallest absolute Gasteiger partial charge is 0.189 e. The first kappa shape index (κ1) is 10.0. The maximum Gasteiger partial charge on any atom is 0.189 e. The Morgan fingerprint density at radius 3 is 2.94 bits per heavy atom. The van der Waals surface area contributed by atoms with E-state index < -0.39 is 0 Å². The molecule has 2 aromatic rings. The maximum atomic E-state index is 12.2. The molecule has 0 saturated carbocycles. The summed E-state index contributed by atoms with van der Waals surface area (Å²) >= 11 is 0. The molecule has 0 amide bonds. The van der Waals surface area contributed by atoms with Gasteiger partial charge in [-0.2, -0.15) is 0 Å². The Bertz CT molecular complexity index is 582. The van der Waals surface area contributed by atoms with E-state index in [9.17, 15) is 4.79 Å². The lowest BCUT2D eigenvalue weighted by Crippen LogP contribution is -2.13. The number of benzene rings is 1. The van der Waals surface area contributed by atoms with E-state index in [1.807, 2.05) is 30.3 Å². The lowest BCUT2D eigenvalue weighted by atomic mass is 9.86. The first-order valence-electron chi connectivity index (χ1n) is 5.66. The Hall–Kier alpha value is -2.16. The number of nitrogens with one attached hydrogen (secondary N) is 1. The number of ketones is 1. The highest BCUT2D eigenvalue weighted by Gasteiger charge is 2.21. The number of carbonyl (C=O) groups excluding carboxylic acids is 1. The van der Waals surface area contributed by atoms with E-state index >= 15 is 0 Å². The standard InChI is InChI=1S/C14H12N2O/c17-14-11(7-12-8-15-9-16-12)6-5-10-3-1-2-4-13(10)14/h1-4,7-9H,5-6H2,(H,15,16)/b11-7-. The lowest BCUT2D eigenvalue weighted by molar-refractivity contribution is 0.102. The van der Waals surface area contributed by atoms with Gasteiger partial charge >= 0.3 is 0 Å². The molecule has 0 fully saturated rings. The first-order chi connectivity index (χ1) is 8.34. The van der Waals surface area contributed by atoms with Crippen LogP contribution in [0.15, 0.2) is 42.4 Å². The number of allylic oxidation sites excluding steroid dienone is 1. The van der Waals surface area contributed by atoms with E-state index in [2.05, 4.69) is 9.97 Å². The van der Waals surface area contributed by atoms with Crippen molar-refractivity contribution in [3.63, 3.8) is 0 Å². The van der Waals surface area contributed by atoms with Gasteiger partial charge in [0.1, 0.15) is 0 Å². The summed E-state index contributed by atoms with van der Waals surface area (Å²) in [6.45, 7) is 0. The fraction of sp³-hybridized carbons (Fsp3) is 0.143. The van der Waals surface area contributed by atoms with E-state index in [4.69, 9.17) is 0 Å². The quantitative estimate of drug-likeness (QED) is 0.757. The number of fused-ring (bicyclic) bond motifs is 1. The highest BCUT2D eigenvalue weighted by molar-refractivity contribution is 6.13. The maximum absolute atomic E-state index is 12.2. The number of aromatic amines is 1. The number of H-pyrrole nitrogens is 1. The van der Waals surface area contributed by atoms with E-state index in [0.717, 1.165) is 35.2 Å². The van der Waals surface area contributed by atoms with E-state index in [1.165, 1.54) is 0 Å². The molecular weight excluding hydrogens is 212 g/mol. The van der Waals surface area contributed by atoms with Gasteiger partial charge in [-0.05, 0) is 24.5 Å². The van der Waals surface area contributed by atoms with Gasteiger partial charge in [0, 0.05) is 11.1 Å². The van der Waals surface area contributed by atoms with Gasteiger partial charge in [0.05, 0.1) is 18.2 Å². The predicted octanol–water partition coefficient (Wildman–Crippen LogP) is 2.62. The van der Waals surface area contributed by atoms with Gasteiger partial charge in [-0.3, -0.25) is 4.79 Å². The summed E-state index contributed by atoms with van der Waals surface area (Å²) in [6, 6.07) is 7.82. The van der Waals surface area contributed by atoms with Crippen molar-refractivity contribution in [2.75, 3.05) is 0 Å². The molecule has 0 spiro atoms. The zero-order valence-corrected chi connectivity index (χ0v) is 9.31. The average Bonchev–Trinajstić information content (AvgIpc) is 2.86. The van der Waals surface area contributed by atoms with Crippen LogP contribution in [0.5, 0.6) is 0 Å². The highest BCUT2D eigenvalue weighted by atomic mass is 16.1. The van der Waals surface area contributed by atoms with Crippen LogP contribution in [0.2, 0.25) is 0 Å². The molecule has 1 N–H and O–H groups in total. The van der Waals surface area contributed by atoms with Crippen molar-refractivity contribution in [1.82, 2.24) is 9.97 Å². The molecule has 84 valence electrons. The van der Waals surface area contributed by atoms with Crippen LogP contribution in [0.25, 0.3) is 6.08 Å². The molecule has 0 aliphatic heterocycles. The summed E-state index contributed by atoms with van der Waals surface area (Å²) in [6.07, 6.45) is 6.97. The third-order valence-electron chi connectivity index (χ3n) is 3.07. The number of aryl methyl sites for hydroxylation is 1. The number of rotatable bonds is 1. The van der Waals surface area contributed by atoms with Crippen molar-refractivity contribution in [1.29, 1.82) is 0 Å². The van der Waals surface area contributed by atoms with Crippen molar-refractivity contribution in [3.05, 3.63) is 59.2 Å².